The molecule has 4 rings (SSSR count). The Hall–Kier alpha value is -1.06. The van der Waals surface area contributed by atoms with E-state index in [1.165, 1.54) is 76.3 Å². The second-order valence-electron chi connectivity index (χ2n) is 12.8. The summed E-state index contributed by atoms with van der Waals surface area (Å²) in [4.78, 5) is 0. The van der Waals surface area contributed by atoms with Gasteiger partial charge >= 0.3 is 21.7 Å². The van der Waals surface area contributed by atoms with Crippen molar-refractivity contribution in [1.29, 1.82) is 0 Å². The van der Waals surface area contributed by atoms with Gasteiger partial charge in [-0.1, -0.05) is 156 Å². The maximum Gasteiger partial charge on any atom is 4.00 e. The molecular formula is C39H51Cl3SiTi. The Morgan fingerprint density at radius 3 is 1.16 bits per heavy atom. The molecule has 1 aliphatic rings. The van der Waals surface area contributed by atoms with E-state index in [9.17, 15) is 0 Å². The van der Waals surface area contributed by atoms with Crippen LogP contribution in [0.4, 0.5) is 0 Å². The first-order valence-corrected chi connectivity index (χ1v) is 17.9. The Morgan fingerprint density at radius 1 is 0.568 bits per heavy atom. The third-order valence-corrected chi connectivity index (χ3v) is 13.6. The summed E-state index contributed by atoms with van der Waals surface area (Å²) in [6, 6.07) is 29.4. The van der Waals surface area contributed by atoms with Crippen molar-refractivity contribution in [3.63, 3.8) is 0 Å². The number of halogens is 3. The molecule has 0 saturated carbocycles. The van der Waals surface area contributed by atoms with Gasteiger partial charge in [-0.15, -0.1) is 0 Å². The average molecular weight is 702 g/mol. The van der Waals surface area contributed by atoms with E-state index >= 15 is 0 Å². The minimum absolute atomic E-state index is 0. The fourth-order valence-electron chi connectivity index (χ4n) is 6.38. The molecule has 0 fully saturated rings. The SMILES string of the molecule is CCCCc1ccc([Si](C2=C(C(C)(C)C)[C-]=CC2)(c2ccc(CCCC)cc2)c2ccc(CCCC)cc2)cc1.[Cl-].[Cl-].[Cl-].[Ti+4]. The van der Waals surface area contributed by atoms with E-state index in [-0.39, 0.29) is 64.4 Å². The number of hydrogen-bond acceptors (Lipinski definition) is 0. The average Bonchev–Trinajstić information content (AvgIpc) is 3.47. The zero-order valence-electron chi connectivity index (χ0n) is 27.7. The van der Waals surface area contributed by atoms with E-state index in [0.717, 1.165) is 25.7 Å². The fraction of sp³-hybridized carbons (Fsp3) is 0.436. The van der Waals surface area contributed by atoms with E-state index in [1.54, 1.807) is 5.20 Å². The van der Waals surface area contributed by atoms with Crippen LogP contribution in [0.5, 0.6) is 0 Å². The second-order valence-corrected chi connectivity index (χ2v) is 16.6. The predicted molar refractivity (Wildman–Crippen MR) is 179 cm³/mol. The number of unbranched alkanes of at least 4 members (excludes halogenated alkanes) is 3. The van der Waals surface area contributed by atoms with E-state index in [0.29, 0.717) is 0 Å². The van der Waals surface area contributed by atoms with Gasteiger partial charge in [-0.3, -0.25) is 6.08 Å². The number of rotatable bonds is 13. The summed E-state index contributed by atoms with van der Waals surface area (Å²) in [6.07, 6.45) is 18.0. The summed E-state index contributed by atoms with van der Waals surface area (Å²) >= 11 is 0. The van der Waals surface area contributed by atoms with Gasteiger partial charge in [0.25, 0.3) is 0 Å². The van der Waals surface area contributed by atoms with Crippen LogP contribution in [-0.2, 0) is 41.0 Å². The first kappa shape index (κ1) is 42.9. The Bertz CT molecular complexity index is 1160. The molecule has 3 aromatic carbocycles. The fourth-order valence-corrected chi connectivity index (χ4v) is 11.7. The van der Waals surface area contributed by atoms with Crippen LogP contribution in [0, 0.1) is 11.5 Å². The van der Waals surface area contributed by atoms with E-state index in [1.807, 2.05) is 0 Å². The molecular weight excluding hydrogens is 651 g/mol. The van der Waals surface area contributed by atoms with Gasteiger partial charge in [-0.2, -0.15) is 6.08 Å². The van der Waals surface area contributed by atoms with Crippen LogP contribution in [-0.4, -0.2) is 8.07 Å². The van der Waals surface area contributed by atoms with Crippen molar-refractivity contribution in [2.24, 2.45) is 5.41 Å². The van der Waals surface area contributed by atoms with Gasteiger partial charge in [0.05, 0.1) is 8.07 Å². The Morgan fingerprint density at radius 2 is 0.886 bits per heavy atom. The molecule has 0 aromatic heterocycles. The standard InChI is InChI=1S/C39H51Si.3ClH.Ti/c1-7-10-14-31-19-25-34(26-20-31)40(38-18-13-17-37(38)39(4,5)6,35-27-21-32(22-28-35)15-11-8-2)36-29-23-33(24-30-36)16-12-9-3;;;;/h13,19-30H,7-12,14-16,18H2,1-6H3;3*1H;/q-1;;;;+4/p-3. The van der Waals surface area contributed by atoms with Crippen molar-refractivity contribution in [2.75, 3.05) is 0 Å². The van der Waals surface area contributed by atoms with Gasteiger partial charge in [0.15, 0.2) is 0 Å². The first-order chi connectivity index (χ1) is 19.3. The molecule has 0 aliphatic heterocycles. The molecule has 236 valence electrons. The van der Waals surface area contributed by atoms with Crippen LogP contribution < -0.4 is 52.8 Å². The monoisotopic (exact) mass is 700 g/mol. The van der Waals surface area contributed by atoms with E-state index in [2.05, 4.69) is 126 Å². The smallest absolute Gasteiger partial charge is 1.00 e. The predicted octanol–water partition coefficient (Wildman–Crippen LogP) is -0.161. The van der Waals surface area contributed by atoms with Gasteiger partial charge in [0, 0.05) is 0 Å². The molecule has 0 nitrogen and oxygen atoms in total. The normalized spacial score (nSPS) is 12.6. The van der Waals surface area contributed by atoms with E-state index < -0.39 is 8.07 Å². The van der Waals surface area contributed by atoms with Crippen molar-refractivity contribution < 1.29 is 58.9 Å². The third-order valence-electron chi connectivity index (χ3n) is 8.67. The van der Waals surface area contributed by atoms with Crippen molar-refractivity contribution in [3.05, 3.63) is 112 Å². The number of aryl methyl sites for hydroxylation is 3. The van der Waals surface area contributed by atoms with Crippen molar-refractivity contribution in [2.45, 2.75) is 106 Å². The van der Waals surface area contributed by atoms with Gasteiger partial charge < -0.3 is 37.2 Å². The number of allylic oxidation sites excluding steroid dienone is 4. The third kappa shape index (κ3) is 9.97. The van der Waals surface area contributed by atoms with Crippen LogP contribution in [0.3, 0.4) is 0 Å². The molecule has 3 aromatic rings. The van der Waals surface area contributed by atoms with Crippen LogP contribution in [0.1, 0.15) is 103 Å². The molecule has 44 heavy (non-hydrogen) atoms. The summed E-state index contributed by atoms with van der Waals surface area (Å²) < 4.78 is 0. The molecule has 0 unspecified atom stereocenters. The van der Waals surface area contributed by atoms with Crippen molar-refractivity contribution in [1.82, 2.24) is 0 Å². The van der Waals surface area contributed by atoms with Crippen LogP contribution in [0.15, 0.2) is 89.6 Å². The van der Waals surface area contributed by atoms with Crippen LogP contribution in [0.25, 0.3) is 0 Å². The van der Waals surface area contributed by atoms with Crippen molar-refractivity contribution in [3.8, 4) is 0 Å². The molecule has 0 radical (unpaired) electrons. The van der Waals surface area contributed by atoms with Gasteiger partial charge in [-0.25, -0.2) is 10.8 Å². The van der Waals surface area contributed by atoms with Gasteiger partial charge in [0.1, 0.15) is 0 Å². The second kappa shape index (κ2) is 20.2. The molecule has 0 saturated heterocycles. The molecule has 0 spiro atoms. The molecule has 5 heteroatoms. The topological polar surface area (TPSA) is 0 Å². The minimum atomic E-state index is -2.54. The molecule has 0 heterocycles. The maximum atomic E-state index is 3.77. The number of benzene rings is 3. The molecule has 0 atom stereocenters. The summed E-state index contributed by atoms with van der Waals surface area (Å²) in [6.45, 7) is 13.9. The number of hydrogen-bond donors (Lipinski definition) is 0. The summed E-state index contributed by atoms with van der Waals surface area (Å²) in [7, 11) is -2.54. The Balaban J connectivity index is 0.00000462. The van der Waals surface area contributed by atoms with Gasteiger partial charge in [-0.05, 0) is 60.6 Å². The summed E-state index contributed by atoms with van der Waals surface area (Å²) in [5.74, 6) is 0. The van der Waals surface area contributed by atoms with Crippen LogP contribution >= 0.6 is 0 Å². The maximum absolute atomic E-state index is 3.77. The summed E-state index contributed by atoms with van der Waals surface area (Å²) in [5, 5.41) is 6.13. The Kier molecular flexibility index (Phi) is 19.7. The molecule has 0 amide bonds. The zero-order valence-corrected chi connectivity index (χ0v) is 32.5. The first-order valence-electron chi connectivity index (χ1n) is 15.9. The van der Waals surface area contributed by atoms with Gasteiger partial charge in [0.2, 0.25) is 0 Å². The van der Waals surface area contributed by atoms with Crippen molar-refractivity contribution >= 4 is 23.6 Å². The molecule has 1 aliphatic carbocycles. The summed E-state index contributed by atoms with van der Waals surface area (Å²) in [5.41, 5.74) is 5.83. The Labute approximate surface area is 304 Å². The molecule has 0 bridgehead atoms. The molecule has 0 N–H and O–H groups in total. The minimum Gasteiger partial charge on any atom is -1.00 e. The van der Waals surface area contributed by atoms with Crippen LogP contribution in [0.2, 0.25) is 0 Å². The van der Waals surface area contributed by atoms with E-state index in [4.69, 9.17) is 0 Å². The largest absolute Gasteiger partial charge is 4.00 e. The zero-order chi connectivity index (χ0) is 28.6. The quantitative estimate of drug-likeness (QED) is 0.132.